The number of hydrogen-bond acceptors (Lipinski definition) is 3. The first-order chi connectivity index (χ1) is 15.7. The van der Waals surface area contributed by atoms with Gasteiger partial charge in [-0.25, -0.2) is 4.79 Å². The van der Waals surface area contributed by atoms with Crippen LogP contribution >= 0.6 is 0 Å². The fourth-order valence-electron chi connectivity index (χ4n) is 4.58. The van der Waals surface area contributed by atoms with Crippen LogP contribution in [0.4, 0.5) is 5.69 Å². The number of aromatic nitrogens is 2. The maximum absolute atomic E-state index is 12.7. The van der Waals surface area contributed by atoms with Gasteiger partial charge in [-0.15, -0.1) is 0 Å². The van der Waals surface area contributed by atoms with E-state index in [1.807, 2.05) is 71.3 Å². The summed E-state index contributed by atoms with van der Waals surface area (Å²) in [4.78, 5) is 30.2. The second kappa shape index (κ2) is 8.85. The number of benzene rings is 3. The fraction of sp³-hybridized carbons (Fsp3) is 0.231. The Labute approximate surface area is 186 Å². The second-order valence-corrected chi connectivity index (χ2v) is 8.32. The Morgan fingerprint density at radius 1 is 0.906 bits per heavy atom. The minimum Gasteiger partial charge on any atom is -0.325 e. The maximum atomic E-state index is 12.7. The van der Waals surface area contributed by atoms with Crippen molar-refractivity contribution in [1.29, 1.82) is 0 Å². The van der Waals surface area contributed by atoms with Crippen LogP contribution in [0.1, 0.15) is 18.9 Å². The number of hydrogen-bond donors (Lipinski definition) is 2. The van der Waals surface area contributed by atoms with Gasteiger partial charge in [0.25, 0.3) is 0 Å². The van der Waals surface area contributed by atoms with E-state index in [0.29, 0.717) is 6.54 Å². The second-order valence-electron chi connectivity index (χ2n) is 8.32. The van der Waals surface area contributed by atoms with Crippen LogP contribution in [0.3, 0.4) is 0 Å². The molecule has 1 fully saturated rings. The van der Waals surface area contributed by atoms with Gasteiger partial charge < -0.3 is 10.3 Å². The lowest BCUT2D eigenvalue weighted by Crippen LogP contribution is -2.40. The van der Waals surface area contributed by atoms with Crippen molar-refractivity contribution in [1.82, 2.24) is 14.5 Å². The molecule has 2 heterocycles. The van der Waals surface area contributed by atoms with Gasteiger partial charge in [0, 0.05) is 24.8 Å². The molecule has 1 saturated heterocycles. The summed E-state index contributed by atoms with van der Waals surface area (Å²) in [6.07, 6.45) is 1.69. The number of nitrogens with zero attached hydrogens (tertiary/aromatic N) is 2. The van der Waals surface area contributed by atoms with E-state index in [-0.39, 0.29) is 17.6 Å². The molecule has 162 valence electrons. The zero-order chi connectivity index (χ0) is 21.9. The number of imidazole rings is 1. The van der Waals surface area contributed by atoms with Gasteiger partial charge in [0.05, 0.1) is 17.6 Å². The van der Waals surface area contributed by atoms with Crippen LogP contribution in [0.25, 0.3) is 22.2 Å². The number of likely N-dealkylation sites (tertiary alicyclic amines) is 1. The molecule has 0 bridgehead atoms. The normalized spacial score (nSPS) is 15.1. The van der Waals surface area contributed by atoms with E-state index in [9.17, 15) is 9.59 Å². The standard InChI is InChI=1S/C26H26N4O2/c31-25(27-21-10-6-9-20(17-21)19-7-2-1-3-8-19)18-29-15-13-22(14-16-29)30-24-12-5-4-11-23(24)28-26(30)32/h1-12,17,22H,13-16,18H2,(H,27,31)(H,28,32). The van der Waals surface area contributed by atoms with Gasteiger partial charge in [0.15, 0.2) is 0 Å². The van der Waals surface area contributed by atoms with Gasteiger partial charge in [-0.3, -0.25) is 14.3 Å². The van der Waals surface area contributed by atoms with Crippen molar-refractivity contribution in [2.75, 3.05) is 25.0 Å². The number of anilines is 1. The number of carbonyl (C=O) groups excluding carboxylic acids is 1. The van der Waals surface area contributed by atoms with Gasteiger partial charge in [-0.1, -0.05) is 54.6 Å². The molecule has 1 aliphatic heterocycles. The molecule has 6 nitrogen and oxygen atoms in total. The highest BCUT2D eigenvalue weighted by molar-refractivity contribution is 5.93. The van der Waals surface area contributed by atoms with Crippen molar-refractivity contribution in [3.8, 4) is 11.1 Å². The molecule has 4 aromatic rings. The first-order valence-electron chi connectivity index (χ1n) is 11.0. The molecule has 0 unspecified atom stereocenters. The lowest BCUT2D eigenvalue weighted by Gasteiger charge is -2.32. The van der Waals surface area contributed by atoms with Crippen LogP contribution in [-0.2, 0) is 4.79 Å². The molecule has 1 amide bonds. The molecule has 0 saturated carbocycles. The third-order valence-corrected chi connectivity index (χ3v) is 6.17. The highest BCUT2D eigenvalue weighted by Crippen LogP contribution is 2.25. The Balaban J connectivity index is 1.19. The monoisotopic (exact) mass is 426 g/mol. The largest absolute Gasteiger partial charge is 0.326 e. The highest BCUT2D eigenvalue weighted by atomic mass is 16.2. The Hall–Kier alpha value is -3.64. The van der Waals surface area contributed by atoms with E-state index in [4.69, 9.17) is 0 Å². The number of aromatic amines is 1. The molecule has 5 rings (SSSR count). The summed E-state index contributed by atoms with van der Waals surface area (Å²) in [5.41, 5.74) is 4.77. The molecule has 3 aromatic carbocycles. The number of piperidine rings is 1. The van der Waals surface area contributed by atoms with Gasteiger partial charge in [0.2, 0.25) is 5.91 Å². The van der Waals surface area contributed by atoms with E-state index in [1.54, 1.807) is 0 Å². The lowest BCUT2D eigenvalue weighted by molar-refractivity contribution is -0.117. The smallest absolute Gasteiger partial charge is 0.325 e. The predicted octanol–water partition coefficient (Wildman–Crippen LogP) is 4.27. The SMILES string of the molecule is O=C(CN1CCC(n2c(=O)[nH]c3ccccc32)CC1)Nc1cccc(-c2ccccc2)c1. The number of rotatable bonds is 5. The summed E-state index contributed by atoms with van der Waals surface area (Å²) >= 11 is 0. The summed E-state index contributed by atoms with van der Waals surface area (Å²) in [6, 6.07) is 26.0. The third-order valence-electron chi connectivity index (χ3n) is 6.17. The average molecular weight is 427 g/mol. The van der Waals surface area contributed by atoms with Crippen molar-refractivity contribution in [2.45, 2.75) is 18.9 Å². The fourth-order valence-corrected chi connectivity index (χ4v) is 4.58. The number of para-hydroxylation sites is 2. The Bertz CT molecular complexity index is 1280. The number of nitrogens with one attached hydrogen (secondary N) is 2. The number of amides is 1. The van der Waals surface area contributed by atoms with E-state index < -0.39 is 0 Å². The third kappa shape index (κ3) is 4.22. The summed E-state index contributed by atoms with van der Waals surface area (Å²) < 4.78 is 1.88. The number of H-pyrrole nitrogens is 1. The molecular formula is C26H26N4O2. The number of fused-ring (bicyclic) bond motifs is 1. The lowest BCUT2D eigenvalue weighted by atomic mass is 10.0. The van der Waals surface area contributed by atoms with Crippen LogP contribution in [-0.4, -0.2) is 40.0 Å². The quantitative estimate of drug-likeness (QED) is 0.501. The first kappa shape index (κ1) is 20.3. The van der Waals surface area contributed by atoms with E-state index in [2.05, 4.69) is 27.3 Å². The van der Waals surface area contributed by atoms with Gasteiger partial charge in [-0.2, -0.15) is 0 Å². The minimum atomic E-state index is -0.0549. The summed E-state index contributed by atoms with van der Waals surface area (Å²) in [6.45, 7) is 1.92. The molecule has 0 atom stereocenters. The Morgan fingerprint density at radius 2 is 1.62 bits per heavy atom. The maximum Gasteiger partial charge on any atom is 0.326 e. The predicted molar refractivity (Wildman–Crippen MR) is 128 cm³/mol. The van der Waals surface area contributed by atoms with E-state index in [1.165, 1.54) is 0 Å². The molecule has 6 heteroatoms. The molecular weight excluding hydrogens is 400 g/mol. The molecule has 0 aliphatic carbocycles. The van der Waals surface area contributed by atoms with Gasteiger partial charge in [0.1, 0.15) is 0 Å². The van der Waals surface area contributed by atoms with Crippen LogP contribution in [0, 0.1) is 0 Å². The minimum absolute atomic E-state index is 0.0158. The van der Waals surface area contributed by atoms with E-state index >= 15 is 0 Å². The van der Waals surface area contributed by atoms with Crippen molar-refractivity contribution in [3.05, 3.63) is 89.3 Å². The van der Waals surface area contributed by atoms with Crippen molar-refractivity contribution in [3.63, 3.8) is 0 Å². The topological polar surface area (TPSA) is 70.1 Å². The van der Waals surface area contributed by atoms with Crippen molar-refractivity contribution in [2.24, 2.45) is 0 Å². The Kier molecular flexibility index (Phi) is 5.60. The van der Waals surface area contributed by atoms with Gasteiger partial charge >= 0.3 is 5.69 Å². The average Bonchev–Trinajstić information content (AvgIpc) is 3.16. The van der Waals surface area contributed by atoms with Crippen LogP contribution < -0.4 is 11.0 Å². The van der Waals surface area contributed by atoms with E-state index in [0.717, 1.165) is 53.8 Å². The molecule has 1 aliphatic rings. The molecule has 2 N–H and O–H groups in total. The molecule has 0 radical (unpaired) electrons. The molecule has 32 heavy (non-hydrogen) atoms. The summed E-state index contributed by atoms with van der Waals surface area (Å²) in [5, 5.41) is 3.03. The van der Waals surface area contributed by atoms with Crippen LogP contribution in [0.15, 0.2) is 83.7 Å². The highest BCUT2D eigenvalue weighted by Gasteiger charge is 2.24. The van der Waals surface area contributed by atoms with Crippen molar-refractivity contribution >= 4 is 22.6 Å². The molecule has 0 spiro atoms. The Morgan fingerprint density at radius 3 is 2.44 bits per heavy atom. The van der Waals surface area contributed by atoms with Crippen LogP contribution in [0.5, 0.6) is 0 Å². The van der Waals surface area contributed by atoms with Crippen molar-refractivity contribution < 1.29 is 4.79 Å². The number of carbonyl (C=O) groups is 1. The first-order valence-corrected chi connectivity index (χ1v) is 11.0. The summed E-state index contributed by atoms with van der Waals surface area (Å²) in [5.74, 6) is -0.0158. The van der Waals surface area contributed by atoms with Gasteiger partial charge in [-0.05, 0) is 48.2 Å². The summed E-state index contributed by atoms with van der Waals surface area (Å²) in [7, 11) is 0. The van der Waals surface area contributed by atoms with Crippen LogP contribution in [0.2, 0.25) is 0 Å². The zero-order valence-corrected chi connectivity index (χ0v) is 17.8. The zero-order valence-electron chi connectivity index (χ0n) is 17.8. The molecule has 1 aromatic heterocycles.